The van der Waals surface area contributed by atoms with E-state index < -0.39 is 0 Å². The highest BCUT2D eigenvalue weighted by Crippen LogP contribution is 2.34. The molecule has 6 rings (SSSR count). The summed E-state index contributed by atoms with van der Waals surface area (Å²) < 4.78 is 11.6. The summed E-state index contributed by atoms with van der Waals surface area (Å²) in [6.07, 6.45) is 5.12. The highest BCUT2D eigenvalue weighted by molar-refractivity contribution is 5.74. The van der Waals surface area contributed by atoms with E-state index in [-0.39, 0.29) is 0 Å². The molecule has 0 amide bonds. The van der Waals surface area contributed by atoms with Crippen LogP contribution in [0.5, 0.6) is 0 Å². The number of para-hydroxylation sites is 2. The molecule has 0 saturated carbocycles. The molecule has 2 aromatic heterocycles. The lowest BCUT2D eigenvalue weighted by molar-refractivity contribution is 0.321. The van der Waals surface area contributed by atoms with E-state index in [2.05, 4.69) is 39.3 Å². The third-order valence-corrected chi connectivity index (χ3v) is 6.57. The molecule has 0 N–H and O–H groups in total. The van der Waals surface area contributed by atoms with E-state index in [0.29, 0.717) is 17.9 Å². The summed E-state index contributed by atoms with van der Waals surface area (Å²) in [5.74, 6) is 2.34. The molecule has 0 bridgehead atoms. The number of nitrogens with zero attached hydrogens (tertiary/aromatic N) is 4. The van der Waals surface area contributed by atoms with Crippen LogP contribution in [-0.2, 0) is 12.8 Å². The van der Waals surface area contributed by atoms with Gasteiger partial charge in [0.05, 0.1) is 0 Å². The molecule has 152 valence electrons. The van der Waals surface area contributed by atoms with Crippen molar-refractivity contribution in [3.63, 3.8) is 0 Å². The zero-order valence-corrected chi connectivity index (χ0v) is 16.8. The summed E-state index contributed by atoms with van der Waals surface area (Å²) in [4.78, 5) is 11.7. The first kappa shape index (κ1) is 17.7. The third kappa shape index (κ3) is 3.16. The Morgan fingerprint density at radius 2 is 1.63 bits per heavy atom. The Hall–Kier alpha value is -3.15. The van der Waals surface area contributed by atoms with E-state index in [0.717, 1.165) is 68.0 Å². The smallest absolute Gasteiger partial charge is 0.298 e. The summed E-state index contributed by atoms with van der Waals surface area (Å²) in [7, 11) is 0. The van der Waals surface area contributed by atoms with Gasteiger partial charge in [0.15, 0.2) is 11.4 Å². The quantitative estimate of drug-likeness (QED) is 0.489. The largest absolute Gasteiger partial charge is 0.423 e. The van der Waals surface area contributed by atoms with Gasteiger partial charge in [0.1, 0.15) is 5.52 Å². The minimum Gasteiger partial charge on any atom is -0.423 e. The fourth-order valence-electron chi connectivity index (χ4n) is 4.81. The van der Waals surface area contributed by atoms with Crippen LogP contribution in [0.4, 0.5) is 6.01 Å². The molecule has 1 fully saturated rings. The van der Waals surface area contributed by atoms with E-state index in [4.69, 9.17) is 13.9 Å². The van der Waals surface area contributed by atoms with Crippen LogP contribution < -0.4 is 4.90 Å². The molecule has 1 saturated heterocycles. The summed E-state index contributed by atoms with van der Waals surface area (Å²) in [5.41, 5.74) is 4.63. The zero-order valence-electron chi connectivity index (χ0n) is 16.8. The molecule has 6 heteroatoms. The summed E-state index contributed by atoms with van der Waals surface area (Å²) in [6, 6.07) is 17.3. The molecule has 3 heterocycles. The number of fused-ring (bicyclic) bond motifs is 2. The predicted octanol–water partition coefficient (Wildman–Crippen LogP) is 4.87. The second-order valence-electron chi connectivity index (χ2n) is 8.42. The second kappa shape index (κ2) is 7.27. The summed E-state index contributed by atoms with van der Waals surface area (Å²) >= 11 is 0. The van der Waals surface area contributed by atoms with Gasteiger partial charge in [0, 0.05) is 24.9 Å². The molecule has 0 spiro atoms. The van der Waals surface area contributed by atoms with Gasteiger partial charge in [-0.1, -0.05) is 41.6 Å². The van der Waals surface area contributed by atoms with Crippen molar-refractivity contribution in [2.75, 3.05) is 18.0 Å². The van der Waals surface area contributed by atoms with Crippen LogP contribution >= 0.6 is 0 Å². The number of rotatable bonds is 3. The number of oxazole rings is 1. The highest BCUT2D eigenvalue weighted by Gasteiger charge is 2.29. The fraction of sp³-hybridized carbons (Fsp3) is 0.375. The zero-order chi connectivity index (χ0) is 19.9. The van der Waals surface area contributed by atoms with Gasteiger partial charge >= 0.3 is 0 Å². The standard InChI is InChI=1S/C24H24N4O2/c1-2-6-18-15-19(10-9-16(18)5-1)22-26-23(30-27-22)17-11-13-28(14-12-17)24-25-20-7-3-4-8-21(20)29-24/h1-8,17,19H,9-15H2. The molecular formula is C24H24N4O2. The van der Waals surface area contributed by atoms with Gasteiger partial charge in [0.2, 0.25) is 5.89 Å². The van der Waals surface area contributed by atoms with Crippen LogP contribution in [0.1, 0.15) is 53.9 Å². The maximum absolute atomic E-state index is 5.92. The number of aryl methyl sites for hydroxylation is 1. The van der Waals surface area contributed by atoms with Gasteiger partial charge in [-0.2, -0.15) is 9.97 Å². The summed E-state index contributed by atoms with van der Waals surface area (Å²) in [6.45, 7) is 1.76. The molecule has 1 unspecified atom stereocenters. The molecule has 6 nitrogen and oxygen atoms in total. The number of hydrogen-bond donors (Lipinski definition) is 0. The van der Waals surface area contributed by atoms with Crippen molar-refractivity contribution in [2.45, 2.75) is 43.9 Å². The lowest BCUT2D eigenvalue weighted by atomic mass is 9.83. The molecule has 0 radical (unpaired) electrons. The SMILES string of the molecule is c1ccc2c(c1)CCC(c1noc(C3CCN(c4nc5ccccc5o4)CC3)n1)C2. The van der Waals surface area contributed by atoms with E-state index in [1.165, 1.54) is 11.1 Å². The average Bonchev–Trinajstić information content (AvgIpc) is 3.46. The number of aromatic nitrogens is 3. The van der Waals surface area contributed by atoms with Crippen LogP contribution in [0.15, 0.2) is 57.5 Å². The Balaban J connectivity index is 1.12. The van der Waals surface area contributed by atoms with E-state index in [9.17, 15) is 0 Å². The van der Waals surface area contributed by atoms with Gasteiger partial charge in [0.25, 0.3) is 6.01 Å². The Kier molecular flexibility index (Phi) is 4.29. The minimum atomic E-state index is 0.308. The van der Waals surface area contributed by atoms with Crippen molar-refractivity contribution < 1.29 is 8.94 Å². The second-order valence-corrected chi connectivity index (χ2v) is 8.42. The van der Waals surface area contributed by atoms with Crippen molar-refractivity contribution in [1.29, 1.82) is 0 Å². The van der Waals surface area contributed by atoms with Gasteiger partial charge in [-0.3, -0.25) is 0 Å². The van der Waals surface area contributed by atoms with E-state index in [1.807, 2.05) is 24.3 Å². The Labute approximate surface area is 174 Å². The monoisotopic (exact) mass is 400 g/mol. The van der Waals surface area contributed by atoms with E-state index in [1.54, 1.807) is 0 Å². The highest BCUT2D eigenvalue weighted by atomic mass is 16.5. The van der Waals surface area contributed by atoms with Crippen LogP contribution in [-0.4, -0.2) is 28.2 Å². The number of anilines is 1. The first-order valence-electron chi connectivity index (χ1n) is 10.8. The predicted molar refractivity (Wildman–Crippen MR) is 114 cm³/mol. The van der Waals surface area contributed by atoms with Crippen LogP contribution in [0, 0.1) is 0 Å². The molecule has 2 aromatic carbocycles. The van der Waals surface area contributed by atoms with Crippen LogP contribution in [0.25, 0.3) is 11.1 Å². The normalized spacial score (nSPS) is 19.9. The van der Waals surface area contributed by atoms with Crippen molar-refractivity contribution in [3.05, 3.63) is 71.4 Å². The first-order valence-corrected chi connectivity index (χ1v) is 10.8. The molecule has 1 atom stereocenters. The minimum absolute atomic E-state index is 0.308. The van der Waals surface area contributed by atoms with Crippen molar-refractivity contribution in [2.24, 2.45) is 0 Å². The first-order chi connectivity index (χ1) is 14.8. The Bertz CT molecular complexity index is 1140. The van der Waals surface area contributed by atoms with Gasteiger partial charge in [-0.25, -0.2) is 0 Å². The van der Waals surface area contributed by atoms with Gasteiger partial charge in [-0.05, 0) is 55.4 Å². The number of hydrogen-bond acceptors (Lipinski definition) is 6. The summed E-state index contributed by atoms with van der Waals surface area (Å²) in [5, 5.41) is 4.36. The molecule has 2 aliphatic rings. The Morgan fingerprint density at radius 1 is 0.833 bits per heavy atom. The lowest BCUT2D eigenvalue weighted by Gasteiger charge is -2.28. The molecular weight excluding hydrogens is 376 g/mol. The topological polar surface area (TPSA) is 68.2 Å². The maximum Gasteiger partial charge on any atom is 0.298 e. The lowest BCUT2D eigenvalue weighted by Crippen LogP contribution is -2.33. The molecule has 1 aliphatic carbocycles. The molecule has 30 heavy (non-hydrogen) atoms. The third-order valence-electron chi connectivity index (χ3n) is 6.57. The number of benzene rings is 2. The maximum atomic E-state index is 5.92. The Morgan fingerprint density at radius 3 is 2.50 bits per heavy atom. The van der Waals surface area contributed by atoms with Gasteiger partial charge in [-0.15, -0.1) is 0 Å². The molecule has 4 aromatic rings. The average molecular weight is 400 g/mol. The van der Waals surface area contributed by atoms with E-state index >= 15 is 0 Å². The van der Waals surface area contributed by atoms with Gasteiger partial charge < -0.3 is 13.8 Å². The van der Waals surface area contributed by atoms with Crippen molar-refractivity contribution in [1.82, 2.24) is 15.1 Å². The van der Waals surface area contributed by atoms with Crippen molar-refractivity contribution >= 4 is 17.1 Å². The van der Waals surface area contributed by atoms with Crippen LogP contribution in [0.2, 0.25) is 0 Å². The van der Waals surface area contributed by atoms with Crippen LogP contribution in [0.3, 0.4) is 0 Å². The number of piperidine rings is 1. The fourth-order valence-corrected chi connectivity index (χ4v) is 4.81. The van der Waals surface area contributed by atoms with Crippen molar-refractivity contribution in [3.8, 4) is 0 Å². The molecule has 1 aliphatic heterocycles.